The number of amides is 2. The third kappa shape index (κ3) is 3.63. The lowest BCUT2D eigenvalue weighted by molar-refractivity contribution is 0.0430. The van der Waals surface area contributed by atoms with Crippen LogP contribution in [0, 0.1) is 5.92 Å². The van der Waals surface area contributed by atoms with Gasteiger partial charge in [0.25, 0.3) is 0 Å². The zero-order valence-corrected chi connectivity index (χ0v) is 12.2. The first kappa shape index (κ1) is 14.7. The molecule has 0 aromatic heterocycles. The van der Waals surface area contributed by atoms with Crippen LogP contribution in [0.3, 0.4) is 0 Å². The number of hydrogen-bond acceptors (Lipinski definition) is 3. The number of ether oxygens (including phenoxy) is 1. The van der Waals surface area contributed by atoms with Gasteiger partial charge in [0.05, 0.1) is 13.2 Å². The molecule has 0 spiro atoms. The van der Waals surface area contributed by atoms with Crippen LogP contribution in [0.5, 0.6) is 5.75 Å². The summed E-state index contributed by atoms with van der Waals surface area (Å²) in [6.07, 6.45) is 0. The first-order valence-electron chi connectivity index (χ1n) is 6.98. The minimum Gasteiger partial charge on any atom is -0.493 e. The van der Waals surface area contributed by atoms with Crippen molar-refractivity contribution in [2.75, 3.05) is 13.2 Å². The zero-order chi connectivity index (χ0) is 14.5. The van der Waals surface area contributed by atoms with Gasteiger partial charge in [-0.15, -0.1) is 0 Å². The molecule has 2 amide bonds. The van der Waals surface area contributed by atoms with E-state index in [0.29, 0.717) is 19.1 Å². The van der Waals surface area contributed by atoms with Crippen LogP contribution in [-0.2, 0) is 4.84 Å². The first-order chi connectivity index (χ1) is 9.58. The number of para-hydroxylation sites is 1. The smallest absolute Gasteiger partial charge is 0.338 e. The van der Waals surface area contributed by atoms with Crippen LogP contribution < -0.4 is 15.5 Å². The molecular formula is C15H22N2O3. The molecule has 1 aliphatic heterocycles. The van der Waals surface area contributed by atoms with E-state index in [4.69, 9.17) is 9.57 Å². The van der Waals surface area contributed by atoms with E-state index in [9.17, 15) is 4.79 Å². The molecule has 1 aliphatic rings. The maximum absolute atomic E-state index is 11.7. The Balaban J connectivity index is 1.84. The van der Waals surface area contributed by atoms with Crippen molar-refractivity contribution in [3.05, 3.63) is 29.8 Å². The summed E-state index contributed by atoms with van der Waals surface area (Å²) in [5.41, 5.74) is 3.54. The number of rotatable bonds is 5. The van der Waals surface area contributed by atoms with E-state index >= 15 is 0 Å². The van der Waals surface area contributed by atoms with Crippen molar-refractivity contribution in [2.24, 2.45) is 5.92 Å². The van der Waals surface area contributed by atoms with Crippen molar-refractivity contribution < 1.29 is 14.4 Å². The number of carbonyl (C=O) groups excluding carboxylic acids is 1. The van der Waals surface area contributed by atoms with Crippen molar-refractivity contribution in [1.29, 1.82) is 0 Å². The Morgan fingerprint density at radius 1 is 1.40 bits per heavy atom. The number of fused-ring (bicyclic) bond motifs is 1. The molecule has 110 valence electrons. The molecule has 0 radical (unpaired) electrons. The maximum Gasteiger partial charge on any atom is 0.338 e. The van der Waals surface area contributed by atoms with E-state index in [0.717, 1.165) is 11.3 Å². The third-order valence-electron chi connectivity index (χ3n) is 3.28. The fourth-order valence-electron chi connectivity index (χ4n) is 2.21. The summed E-state index contributed by atoms with van der Waals surface area (Å²) >= 11 is 0. The van der Waals surface area contributed by atoms with E-state index in [1.807, 2.05) is 45.0 Å². The molecule has 1 heterocycles. The molecule has 0 fully saturated rings. The van der Waals surface area contributed by atoms with Crippen LogP contribution in [0.25, 0.3) is 0 Å². The van der Waals surface area contributed by atoms with Crippen LogP contribution in [0.1, 0.15) is 32.3 Å². The Bertz CT molecular complexity index is 462. The van der Waals surface area contributed by atoms with Crippen LogP contribution in [0.2, 0.25) is 0 Å². The average molecular weight is 278 g/mol. The fourth-order valence-corrected chi connectivity index (χ4v) is 2.21. The predicted molar refractivity (Wildman–Crippen MR) is 76.6 cm³/mol. The van der Waals surface area contributed by atoms with Gasteiger partial charge in [0.2, 0.25) is 0 Å². The molecule has 20 heavy (non-hydrogen) atoms. The summed E-state index contributed by atoms with van der Waals surface area (Å²) in [7, 11) is 0. The lowest BCUT2D eigenvalue weighted by Crippen LogP contribution is -2.44. The molecule has 0 saturated heterocycles. The molecule has 2 N–H and O–H groups in total. The quantitative estimate of drug-likeness (QED) is 0.813. The van der Waals surface area contributed by atoms with Gasteiger partial charge in [0.1, 0.15) is 5.75 Å². The molecule has 5 nitrogen and oxygen atoms in total. The highest BCUT2D eigenvalue weighted by atomic mass is 16.7. The standard InChI is InChI=1S/C15H22N2O3/c1-10(2)8-20-17-15(18)16-11(3)13-9-19-14-7-5-4-6-12(13)14/h4-7,10-11,13H,8-9H2,1-3H3,(H2,16,17,18). The van der Waals surface area contributed by atoms with Crippen LogP contribution in [0.4, 0.5) is 4.79 Å². The van der Waals surface area contributed by atoms with E-state index in [-0.39, 0.29) is 18.0 Å². The largest absolute Gasteiger partial charge is 0.493 e. The zero-order valence-electron chi connectivity index (χ0n) is 12.2. The highest BCUT2D eigenvalue weighted by molar-refractivity contribution is 5.73. The fraction of sp³-hybridized carbons (Fsp3) is 0.533. The number of carbonyl (C=O) groups is 1. The second-order valence-electron chi connectivity index (χ2n) is 5.52. The first-order valence-corrected chi connectivity index (χ1v) is 6.98. The monoisotopic (exact) mass is 278 g/mol. The summed E-state index contributed by atoms with van der Waals surface area (Å²) in [4.78, 5) is 16.8. The Kier molecular flexibility index (Phi) is 4.84. The number of benzene rings is 1. The molecule has 2 unspecified atom stereocenters. The average Bonchev–Trinajstić information content (AvgIpc) is 2.82. The summed E-state index contributed by atoms with van der Waals surface area (Å²) in [6.45, 7) is 7.10. The minimum atomic E-state index is -0.317. The van der Waals surface area contributed by atoms with Crippen molar-refractivity contribution in [3.63, 3.8) is 0 Å². The lowest BCUT2D eigenvalue weighted by atomic mass is 9.95. The Morgan fingerprint density at radius 2 is 2.15 bits per heavy atom. The summed E-state index contributed by atoms with van der Waals surface area (Å²) in [5.74, 6) is 1.45. The molecule has 2 rings (SSSR count). The predicted octanol–water partition coefficient (Wildman–Crippen LogP) is 2.44. The van der Waals surface area contributed by atoms with Gasteiger partial charge in [0.15, 0.2) is 0 Å². The summed E-state index contributed by atoms with van der Waals surface area (Å²) in [5, 5.41) is 2.88. The topological polar surface area (TPSA) is 59.6 Å². The Labute approximate surface area is 119 Å². The normalized spacial score (nSPS) is 18.3. The van der Waals surface area contributed by atoms with Gasteiger partial charge in [-0.05, 0) is 18.9 Å². The van der Waals surface area contributed by atoms with Gasteiger partial charge in [0, 0.05) is 17.5 Å². The summed E-state index contributed by atoms with van der Waals surface area (Å²) in [6, 6.07) is 7.58. The van der Waals surface area contributed by atoms with Crippen LogP contribution in [-0.4, -0.2) is 25.3 Å². The summed E-state index contributed by atoms with van der Waals surface area (Å²) < 4.78 is 5.62. The third-order valence-corrected chi connectivity index (χ3v) is 3.28. The highest BCUT2D eigenvalue weighted by Crippen LogP contribution is 2.35. The number of hydrogen-bond donors (Lipinski definition) is 2. The van der Waals surface area contributed by atoms with Crippen LogP contribution in [0.15, 0.2) is 24.3 Å². The van der Waals surface area contributed by atoms with Gasteiger partial charge in [-0.25, -0.2) is 10.3 Å². The molecule has 2 atom stereocenters. The van der Waals surface area contributed by atoms with Crippen molar-refractivity contribution in [2.45, 2.75) is 32.7 Å². The van der Waals surface area contributed by atoms with E-state index in [1.54, 1.807) is 0 Å². The van der Waals surface area contributed by atoms with Crippen molar-refractivity contribution >= 4 is 6.03 Å². The van der Waals surface area contributed by atoms with E-state index in [1.165, 1.54) is 0 Å². The Morgan fingerprint density at radius 3 is 2.90 bits per heavy atom. The van der Waals surface area contributed by atoms with Crippen molar-refractivity contribution in [1.82, 2.24) is 10.8 Å². The lowest BCUT2D eigenvalue weighted by Gasteiger charge is -2.20. The number of nitrogens with one attached hydrogen (secondary N) is 2. The van der Waals surface area contributed by atoms with E-state index in [2.05, 4.69) is 10.8 Å². The van der Waals surface area contributed by atoms with Gasteiger partial charge in [-0.1, -0.05) is 32.0 Å². The molecule has 0 bridgehead atoms. The second-order valence-corrected chi connectivity index (χ2v) is 5.52. The maximum atomic E-state index is 11.7. The van der Waals surface area contributed by atoms with Crippen molar-refractivity contribution in [3.8, 4) is 5.75 Å². The molecule has 1 aromatic rings. The molecule has 5 heteroatoms. The number of urea groups is 1. The SMILES string of the molecule is CC(C)CONC(=O)NC(C)C1COc2ccccc21. The van der Waals surface area contributed by atoms with Gasteiger partial charge in [-0.3, -0.25) is 4.84 Å². The highest BCUT2D eigenvalue weighted by Gasteiger charge is 2.29. The minimum absolute atomic E-state index is 0.0266. The van der Waals surface area contributed by atoms with Gasteiger partial charge >= 0.3 is 6.03 Å². The second kappa shape index (κ2) is 6.61. The van der Waals surface area contributed by atoms with Crippen LogP contribution >= 0.6 is 0 Å². The molecule has 0 aliphatic carbocycles. The van der Waals surface area contributed by atoms with Gasteiger partial charge in [-0.2, -0.15) is 0 Å². The molecule has 0 saturated carbocycles. The molecule has 1 aromatic carbocycles. The molecular weight excluding hydrogens is 256 g/mol. The van der Waals surface area contributed by atoms with E-state index < -0.39 is 0 Å². The Hall–Kier alpha value is -1.75. The van der Waals surface area contributed by atoms with Gasteiger partial charge < -0.3 is 10.1 Å². The number of hydroxylamine groups is 1.